The Morgan fingerprint density at radius 1 is 1.47 bits per heavy atom. The molecule has 1 saturated heterocycles. The molecule has 2 atom stereocenters. The van der Waals surface area contributed by atoms with Crippen molar-refractivity contribution < 1.29 is 8.42 Å². The largest absolute Gasteiger partial charge is 0.315 e. The first kappa shape index (κ1) is 16.7. The minimum atomic E-state index is -3.55. The molecular formula is C11H17Cl2N3O2S. The highest BCUT2D eigenvalue weighted by atomic mass is 35.5. The van der Waals surface area contributed by atoms with Crippen molar-refractivity contribution in [2.75, 3.05) is 13.1 Å². The van der Waals surface area contributed by atoms with Crippen LogP contribution in [0.5, 0.6) is 0 Å². The van der Waals surface area contributed by atoms with Gasteiger partial charge in [0.25, 0.3) is 0 Å². The zero-order valence-electron chi connectivity index (χ0n) is 10.5. The normalized spacial score (nSPS) is 23.7. The molecule has 19 heavy (non-hydrogen) atoms. The summed E-state index contributed by atoms with van der Waals surface area (Å²) in [5.41, 5.74) is 0. The lowest BCUT2D eigenvalue weighted by Gasteiger charge is -2.29. The summed E-state index contributed by atoms with van der Waals surface area (Å²) in [7, 11) is -3.55. The van der Waals surface area contributed by atoms with E-state index in [9.17, 15) is 8.42 Å². The van der Waals surface area contributed by atoms with Gasteiger partial charge in [0.1, 0.15) is 4.90 Å². The predicted octanol–water partition coefficient (Wildman–Crippen LogP) is 1.43. The monoisotopic (exact) mass is 325 g/mol. The third-order valence-electron chi connectivity index (χ3n) is 3.12. The van der Waals surface area contributed by atoms with E-state index >= 15 is 0 Å². The molecule has 5 nitrogen and oxygen atoms in total. The Labute approximate surface area is 124 Å². The van der Waals surface area contributed by atoms with Crippen molar-refractivity contribution in [2.24, 2.45) is 5.92 Å². The standard InChI is InChI=1S/C11H16ClN3O2S.ClH/c1-8-2-3-13-7-11(8)15-18(16,17)10-4-9(12)5-14-6-10;/h4-6,8,11,13,15H,2-3,7H2,1H3;1H. The highest BCUT2D eigenvalue weighted by Gasteiger charge is 2.26. The van der Waals surface area contributed by atoms with Gasteiger partial charge in [0.2, 0.25) is 10.0 Å². The molecule has 8 heteroatoms. The molecule has 108 valence electrons. The summed E-state index contributed by atoms with van der Waals surface area (Å²) < 4.78 is 27.0. The third kappa shape index (κ3) is 4.29. The van der Waals surface area contributed by atoms with E-state index < -0.39 is 10.0 Å². The van der Waals surface area contributed by atoms with Crippen LogP contribution in [0.4, 0.5) is 0 Å². The zero-order chi connectivity index (χ0) is 13.2. The molecule has 0 amide bonds. The predicted molar refractivity (Wildman–Crippen MR) is 77.3 cm³/mol. The van der Waals surface area contributed by atoms with Gasteiger partial charge in [-0.15, -0.1) is 12.4 Å². The smallest absolute Gasteiger partial charge is 0.242 e. The van der Waals surface area contributed by atoms with Gasteiger partial charge < -0.3 is 5.32 Å². The molecule has 0 radical (unpaired) electrons. The van der Waals surface area contributed by atoms with Gasteiger partial charge in [-0.1, -0.05) is 18.5 Å². The van der Waals surface area contributed by atoms with Crippen molar-refractivity contribution in [2.45, 2.75) is 24.3 Å². The number of hydrogen-bond acceptors (Lipinski definition) is 4. The van der Waals surface area contributed by atoms with Crippen LogP contribution in [0.3, 0.4) is 0 Å². The van der Waals surface area contributed by atoms with Crippen LogP contribution < -0.4 is 10.0 Å². The number of sulfonamides is 1. The summed E-state index contributed by atoms with van der Waals surface area (Å²) in [5, 5.41) is 3.49. The van der Waals surface area contributed by atoms with Crippen LogP contribution in [0, 0.1) is 5.92 Å². The van der Waals surface area contributed by atoms with Crippen molar-refractivity contribution in [1.82, 2.24) is 15.0 Å². The zero-order valence-corrected chi connectivity index (χ0v) is 12.9. The molecule has 2 unspecified atom stereocenters. The maximum atomic E-state index is 12.2. The second kappa shape index (κ2) is 6.85. The molecule has 0 spiro atoms. The van der Waals surface area contributed by atoms with Gasteiger partial charge in [-0.05, 0) is 24.9 Å². The summed E-state index contributed by atoms with van der Waals surface area (Å²) in [4.78, 5) is 3.90. The second-order valence-electron chi connectivity index (χ2n) is 4.54. The topological polar surface area (TPSA) is 71.1 Å². The minimum absolute atomic E-state index is 0. The maximum absolute atomic E-state index is 12.2. The first-order chi connectivity index (χ1) is 8.49. The van der Waals surface area contributed by atoms with Crippen molar-refractivity contribution in [3.05, 3.63) is 23.5 Å². The van der Waals surface area contributed by atoms with Crippen LogP contribution in [0.15, 0.2) is 23.4 Å². The number of aromatic nitrogens is 1. The van der Waals surface area contributed by atoms with Gasteiger partial charge in [0.15, 0.2) is 0 Å². The van der Waals surface area contributed by atoms with Gasteiger partial charge in [-0.2, -0.15) is 0 Å². The van der Waals surface area contributed by atoms with E-state index in [1.165, 1.54) is 18.5 Å². The Balaban J connectivity index is 0.00000180. The van der Waals surface area contributed by atoms with Gasteiger partial charge in [-0.25, -0.2) is 13.1 Å². The van der Waals surface area contributed by atoms with Crippen LogP contribution >= 0.6 is 24.0 Å². The van der Waals surface area contributed by atoms with E-state index in [-0.39, 0.29) is 23.3 Å². The van der Waals surface area contributed by atoms with Crippen LogP contribution in [0.1, 0.15) is 13.3 Å². The minimum Gasteiger partial charge on any atom is -0.315 e. The Kier molecular flexibility index (Phi) is 6.01. The van der Waals surface area contributed by atoms with E-state index in [0.29, 0.717) is 17.5 Å². The number of rotatable bonds is 3. The van der Waals surface area contributed by atoms with Crippen LogP contribution in [0.2, 0.25) is 5.02 Å². The molecule has 1 aromatic rings. The molecule has 0 aliphatic carbocycles. The molecule has 1 aliphatic heterocycles. The number of nitrogens with one attached hydrogen (secondary N) is 2. The fourth-order valence-corrected chi connectivity index (χ4v) is 3.52. The lowest BCUT2D eigenvalue weighted by atomic mass is 9.96. The molecule has 2 heterocycles. The molecule has 0 saturated carbocycles. The van der Waals surface area contributed by atoms with E-state index in [4.69, 9.17) is 11.6 Å². The number of hydrogen-bond donors (Lipinski definition) is 2. The average Bonchev–Trinajstić information content (AvgIpc) is 2.32. The Morgan fingerprint density at radius 2 is 2.21 bits per heavy atom. The first-order valence-corrected chi connectivity index (χ1v) is 7.69. The van der Waals surface area contributed by atoms with E-state index in [1.807, 2.05) is 6.92 Å². The highest BCUT2D eigenvalue weighted by Crippen LogP contribution is 2.17. The Bertz CT molecular complexity index is 524. The van der Waals surface area contributed by atoms with E-state index in [1.54, 1.807) is 0 Å². The van der Waals surface area contributed by atoms with Gasteiger partial charge in [-0.3, -0.25) is 4.98 Å². The van der Waals surface area contributed by atoms with Crippen molar-refractivity contribution in [3.63, 3.8) is 0 Å². The number of nitrogens with zero attached hydrogens (tertiary/aromatic N) is 1. The molecule has 0 aromatic carbocycles. The number of halogens is 2. The number of piperidine rings is 1. The summed E-state index contributed by atoms with van der Waals surface area (Å²) >= 11 is 5.76. The van der Waals surface area contributed by atoms with Crippen molar-refractivity contribution in [3.8, 4) is 0 Å². The maximum Gasteiger partial charge on any atom is 0.242 e. The second-order valence-corrected chi connectivity index (χ2v) is 6.69. The fraction of sp³-hybridized carbons (Fsp3) is 0.545. The Hall–Kier alpha value is -0.400. The highest BCUT2D eigenvalue weighted by molar-refractivity contribution is 7.89. The molecule has 1 aromatic heterocycles. The molecule has 1 fully saturated rings. The summed E-state index contributed by atoms with van der Waals surface area (Å²) in [6.07, 6.45) is 3.67. The number of pyridine rings is 1. The summed E-state index contributed by atoms with van der Waals surface area (Å²) in [6, 6.07) is 1.31. The molecule has 2 rings (SSSR count). The first-order valence-electron chi connectivity index (χ1n) is 5.82. The molecule has 1 aliphatic rings. The van der Waals surface area contributed by atoms with Gasteiger partial charge >= 0.3 is 0 Å². The van der Waals surface area contributed by atoms with Crippen molar-refractivity contribution >= 4 is 34.0 Å². The van der Waals surface area contributed by atoms with Gasteiger partial charge in [0.05, 0.1) is 5.02 Å². The van der Waals surface area contributed by atoms with Crippen LogP contribution in [0.25, 0.3) is 0 Å². The van der Waals surface area contributed by atoms with E-state index in [2.05, 4.69) is 15.0 Å². The van der Waals surface area contributed by atoms with Gasteiger partial charge in [0, 0.05) is 25.0 Å². The quantitative estimate of drug-likeness (QED) is 0.882. The fourth-order valence-electron chi connectivity index (χ4n) is 1.95. The molecule has 2 N–H and O–H groups in total. The SMILES string of the molecule is CC1CCNCC1NS(=O)(=O)c1cncc(Cl)c1.Cl. The molecule has 0 bridgehead atoms. The average molecular weight is 326 g/mol. The summed E-state index contributed by atoms with van der Waals surface area (Å²) in [6.45, 7) is 3.62. The third-order valence-corrected chi connectivity index (χ3v) is 4.79. The Morgan fingerprint density at radius 3 is 2.84 bits per heavy atom. The lowest BCUT2D eigenvalue weighted by Crippen LogP contribution is -2.50. The van der Waals surface area contributed by atoms with E-state index in [0.717, 1.165) is 13.0 Å². The van der Waals surface area contributed by atoms with Crippen molar-refractivity contribution in [1.29, 1.82) is 0 Å². The van der Waals surface area contributed by atoms with Crippen LogP contribution in [-0.2, 0) is 10.0 Å². The molecular weight excluding hydrogens is 309 g/mol. The summed E-state index contributed by atoms with van der Waals surface area (Å²) in [5.74, 6) is 0.313. The van der Waals surface area contributed by atoms with Crippen LogP contribution in [-0.4, -0.2) is 32.5 Å². The lowest BCUT2D eigenvalue weighted by molar-refractivity contribution is 0.327.